The monoisotopic (exact) mass is 520 g/mol. The van der Waals surface area contributed by atoms with Crippen LogP contribution in [0, 0.1) is 17.0 Å². The summed E-state index contributed by atoms with van der Waals surface area (Å²) in [5, 5.41) is 10.6. The van der Waals surface area contributed by atoms with E-state index >= 15 is 0 Å². The quantitative estimate of drug-likeness (QED) is 0.193. The third-order valence-corrected chi connectivity index (χ3v) is 6.39. The van der Waals surface area contributed by atoms with E-state index in [0.717, 1.165) is 17.3 Å². The Balaban J connectivity index is 1.39. The molecule has 3 aromatic rings. The molecule has 0 bridgehead atoms. The molecule has 0 aromatic heterocycles. The number of nitro groups is 1. The van der Waals surface area contributed by atoms with Crippen molar-refractivity contribution < 1.29 is 28.7 Å². The van der Waals surface area contributed by atoms with Crippen molar-refractivity contribution in [2.75, 3.05) is 20.3 Å². The minimum absolute atomic E-state index is 0.0147. The van der Waals surface area contributed by atoms with Gasteiger partial charge in [-0.15, -0.1) is 0 Å². The van der Waals surface area contributed by atoms with E-state index in [1.54, 1.807) is 36.4 Å². The summed E-state index contributed by atoms with van der Waals surface area (Å²) in [4.78, 5) is 37.2. The molecule has 2 amide bonds. The van der Waals surface area contributed by atoms with Crippen LogP contribution in [-0.2, 0) is 11.4 Å². The van der Waals surface area contributed by atoms with Crippen LogP contribution in [0.3, 0.4) is 0 Å². The van der Waals surface area contributed by atoms with Crippen LogP contribution < -0.4 is 14.2 Å². The Hall–Kier alpha value is -4.31. The lowest BCUT2D eigenvalue weighted by Crippen LogP contribution is -2.32. The number of thioether (sulfide) groups is 1. The van der Waals surface area contributed by atoms with E-state index in [4.69, 9.17) is 14.2 Å². The second kappa shape index (κ2) is 11.6. The van der Waals surface area contributed by atoms with Crippen molar-refractivity contribution in [3.63, 3.8) is 0 Å². The number of methoxy groups -OCH3 is 1. The number of nitro benzene ring substituents is 1. The highest BCUT2D eigenvalue weighted by Gasteiger charge is 2.34. The number of amides is 2. The van der Waals surface area contributed by atoms with E-state index in [0.29, 0.717) is 33.3 Å². The van der Waals surface area contributed by atoms with Crippen LogP contribution in [0.2, 0.25) is 0 Å². The first kappa shape index (κ1) is 25.8. The average molecular weight is 521 g/mol. The zero-order valence-corrected chi connectivity index (χ0v) is 21.0. The van der Waals surface area contributed by atoms with Crippen LogP contribution in [0.15, 0.2) is 71.6 Å². The number of imide groups is 1. The number of rotatable bonds is 10. The van der Waals surface area contributed by atoms with Crippen molar-refractivity contribution in [3.8, 4) is 17.2 Å². The van der Waals surface area contributed by atoms with Gasteiger partial charge in [-0.25, -0.2) is 0 Å². The Labute approximate surface area is 217 Å². The molecule has 0 N–H and O–H groups in total. The van der Waals surface area contributed by atoms with Gasteiger partial charge in [0, 0.05) is 12.1 Å². The van der Waals surface area contributed by atoms with Crippen LogP contribution in [0.5, 0.6) is 17.2 Å². The summed E-state index contributed by atoms with van der Waals surface area (Å²) >= 11 is 0.870. The molecule has 10 heteroatoms. The van der Waals surface area contributed by atoms with Gasteiger partial charge in [0.05, 0.1) is 23.5 Å². The number of aryl methyl sites for hydroxylation is 1. The highest BCUT2D eigenvalue weighted by Crippen LogP contribution is 2.35. The van der Waals surface area contributed by atoms with Crippen LogP contribution >= 0.6 is 11.8 Å². The van der Waals surface area contributed by atoms with Gasteiger partial charge in [0.15, 0.2) is 11.5 Å². The van der Waals surface area contributed by atoms with Gasteiger partial charge >= 0.3 is 0 Å². The molecule has 37 heavy (non-hydrogen) atoms. The first-order valence-corrected chi connectivity index (χ1v) is 12.1. The topological polar surface area (TPSA) is 108 Å². The summed E-state index contributed by atoms with van der Waals surface area (Å²) in [5.41, 5.74) is 2.39. The maximum Gasteiger partial charge on any atom is 0.293 e. The van der Waals surface area contributed by atoms with Crippen LogP contribution in [0.25, 0.3) is 6.08 Å². The van der Waals surface area contributed by atoms with E-state index in [-0.39, 0.29) is 36.6 Å². The van der Waals surface area contributed by atoms with Crippen LogP contribution in [-0.4, -0.2) is 41.2 Å². The van der Waals surface area contributed by atoms with E-state index in [2.05, 4.69) is 0 Å². The number of hydrogen-bond acceptors (Lipinski definition) is 8. The molecule has 0 radical (unpaired) electrons. The van der Waals surface area contributed by atoms with Gasteiger partial charge in [0.2, 0.25) is 0 Å². The summed E-state index contributed by atoms with van der Waals surface area (Å²) in [7, 11) is 1.49. The summed E-state index contributed by atoms with van der Waals surface area (Å²) in [6, 6.07) is 18.8. The lowest BCUT2D eigenvalue weighted by molar-refractivity contribution is -0.384. The normalized spacial score (nSPS) is 14.2. The summed E-state index contributed by atoms with van der Waals surface area (Å²) in [6.45, 7) is 2.43. The van der Waals surface area contributed by atoms with Crippen molar-refractivity contribution in [3.05, 3.63) is 98.4 Å². The SMILES string of the molecule is COc1cc(/C=C2\SC(=O)N(CCOc3ccc(C)cc3)C2=O)ccc1OCc1cccc([N+](=O)[O-])c1. The van der Waals surface area contributed by atoms with Gasteiger partial charge in [-0.05, 0) is 60.2 Å². The Morgan fingerprint density at radius 2 is 1.78 bits per heavy atom. The maximum absolute atomic E-state index is 12.8. The Morgan fingerprint density at radius 1 is 1.00 bits per heavy atom. The van der Waals surface area contributed by atoms with Crippen molar-refractivity contribution >= 4 is 34.7 Å². The molecule has 1 heterocycles. The summed E-state index contributed by atoms with van der Waals surface area (Å²) in [6.07, 6.45) is 1.62. The Kier molecular flexibility index (Phi) is 8.09. The molecule has 0 atom stereocenters. The second-order valence-electron chi connectivity index (χ2n) is 8.12. The molecule has 1 aliphatic heterocycles. The highest BCUT2D eigenvalue weighted by atomic mass is 32.2. The average Bonchev–Trinajstić information content (AvgIpc) is 3.16. The molecule has 1 fully saturated rings. The predicted octanol–water partition coefficient (Wildman–Crippen LogP) is 5.61. The van der Waals surface area contributed by atoms with E-state index in [1.807, 2.05) is 31.2 Å². The van der Waals surface area contributed by atoms with Gasteiger partial charge in [0.25, 0.3) is 16.8 Å². The third kappa shape index (κ3) is 6.47. The number of nitrogens with zero attached hydrogens (tertiary/aromatic N) is 2. The lowest BCUT2D eigenvalue weighted by Gasteiger charge is -2.13. The number of hydrogen-bond donors (Lipinski definition) is 0. The standard InChI is InChI=1S/C27H24N2O7S/c1-18-6-9-22(10-7-18)35-13-12-28-26(30)25(37-27(28)31)16-19-8-11-23(24(15-19)34-2)36-17-20-4-3-5-21(14-20)29(32)33/h3-11,14-16H,12-13,17H2,1-2H3/b25-16-. The van der Waals surface area contributed by atoms with E-state index < -0.39 is 4.92 Å². The number of ether oxygens (including phenoxy) is 3. The lowest BCUT2D eigenvalue weighted by atomic mass is 10.1. The molecule has 9 nitrogen and oxygen atoms in total. The molecule has 190 valence electrons. The largest absolute Gasteiger partial charge is 0.493 e. The predicted molar refractivity (Wildman–Crippen MR) is 140 cm³/mol. The molecule has 4 rings (SSSR count). The number of benzene rings is 3. The van der Waals surface area contributed by atoms with Gasteiger partial charge in [-0.3, -0.25) is 24.6 Å². The number of non-ortho nitro benzene ring substituents is 1. The smallest absolute Gasteiger partial charge is 0.293 e. The van der Waals surface area contributed by atoms with Gasteiger partial charge in [-0.1, -0.05) is 35.9 Å². The maximum atomic E-state index is 12.8. The molecule has 3 aromatic carbocycles. The first-order valence-electron chi connectivity index (χ1n) is 11.3. The summed E-state index contributed by atoms with van der Waals surface area (Å²) in [5.74, 6) is 1.15. The second-order valence-corrected chi connectivity index (χ2v) is 9.11. The highest BCUT2D eigenvalue weighted by molar-refractivity contribution is 8.18. The van der Waals surface area contributed by atoms with Crippen molar-refractivity contribution in [2.45, 2.75) is 13.5 Å². The third-order valence-electron chi connectivity index (χ3n) is 5.48. The molecular formula is C27H24N2O7S. The van der Waals surface area contributed by atoms with Crippen molar-refractivity contribution in [1.29, 1.82) is 0 Å². The van der Waals surface area contributed by atoms with Crippen LogP contribution in [0.1, 0.15) is 16.7 Å². The van der Waals surface area contributed by atoms with Crippen molar-refractivity contribution in [2.24, 2.45) is 0 Å². The zero-order chi connectivity index (χ0) is 26.4. The first-order chi connectivity index (χ1) is 17.8. The zero-order valence-electron chi connectivity index (χ0n) is 20.2. The minimum atomic E-state index is -0.461. The molecule has 0 aliphatic carbocycles. The van der Waals surface area contributed by atoms with Gasteiger partial charge in [0.1, 0.15) is 19.0 Å². The molecule has 1 aliphatic rings. The van der Waals surface area contributed by atoms with E-state index in [9.17, 15) is 19.7 Å². The minimum Gasteiger partial charge on any atom is -0.493 e. The molecule has 0 saturated carbocycles. The van der Waals surface area contributed by atoms with Gasteiger partial charge < -0.3 is 14.2 Å². The number of carbonyl (C=O) groups is 2. The van der Waals surface area contributed by atoms with E-state index in [1.165, 1.54) is 24.1 Å². The molecule has 0 unspecified atom stereocenters. The Bertz CT molecular complexity index is 1360. The van der Waals surface area contributed by atoms with Gasteiger partial charge in [-0.2, -0.15) is 0 Å². The molecule has 0 spiro atoms. The number of carbonyl (C=O) groups excluding carboxylic acids is 2. The van der Waals surface area contributed by atoms with Crippen LogP contribution in [0.4, 0.5) is 10.5 Å². The fraction of sp³-hybridized carbons (Fsp3) is 0.185. The fourth-order valence-electron chi connectivity index (χ4n) is 3.55. The van der Waals surface area contributed by atoms with Crippen molar-refractivity contribution in [1.82, 2.24) is 4.90 Å². The fourth-order valence-corrected chi connectivity index (χ4v) is 4.41. The Morgan fingerprint density at radius 3 is 2.51 bits per heavy atom. The molecule has 1 saturated heterocycles. The summed E-state index contributed by atoms with van der Waals surface area (Å²) < 4.78 is 16.9. The molecular weight excluding hydrogens is 496 g/mol.